The standard InChI is InChI=1S/C30H57N3O6S/c1-5-7-8-9-10-26-40-27-28(3)30(37)39-25-24-38-29(36)13-19-33(21-23-35)18-12-16-31(4)15-11-17-32(14-6-2)20-22-34/h22-23,28H,5-21,24-27H2,1-4H3. The van der Waals surface area contributed by atoms with E-state index in [4.69, 9.17) is 9.47 Å². The van der Waals surface area contributed by atoms with Crippen LogP contribution < -0.4 is 0 Å². The highest BCUT2D eigenvalue weighted by atomic mass is 32.2. The van der Waals surface area contributed by atoms with Gasteiger partial charge in [0, 0.05) is 12.3 Å². The third-order valence-electron chi connectivity index (χ3n) is 6.62. The number of rotatable bonds is 29. The molecule has 234 valence electrons. The van der Waals surface area contributed by atoms with Crippen molar-refractivity contribution < 1.29 is 28.7 Å². The molecule has 0 saturated heterocycles. The first kappa shape index (κ1) is 38.5. The summed E-state index contributed by atoms with van der Waals surface area (Å²) in [6, 6.07) is 0. The first-order chi connectivity index (χ1) is 19.4. The lowest BCUT2D eigenvalue weighted by molar-refractivity contribution is -0.154. The van der Waals surface area contributed by atoms with E-state index in [1.807, 2.05) is 11.8 Å². The number of aldehydes is 2. The van der Waals surface area contributed by atoms with Crippen LogP contribution in [0.2, 0.25) is 0 Å². The van der Waals surface area contributed by atoms with Crippen molar-refractivity contribution in [3.63, 3.8) is 0 Å². The van der Waals surface area contributed by atoms with E-state index in [1.54, 1.807) is 11.8 Å². The van der Waals surface area contributed by atoms with E-state index in [-0.39, 0.29) is 44.0 Å². The van der Waals surface area contributed by atoms with Crippen molar-refractivity contribution in [3.05, 3.63) is 0 Å². The molecule has 0 aromatic carbocycles. The fourth-order valence-corrected chi connectivity index (χ4v) is 5.32. The molecule has 0 amide bonds. The summed E-state index contributed by atoms with van der Waals surface area (Å²) in [7, 11) is 2.08. The van der Waals surface area contributed by atoms with Crippen LogP contribution in [0.5, 0.6) is 0 Å². The molecule has 0 bridgehead atoms. The average molecular weight is 588 g/mol. The molecule has 0 heterocycles. The SMILES string of the molecule is CCCCCCCSCC(C)C(=O)OCCOC(=O)CCN(CC=O)CCCN(C)CCCN(CC=O)CCC. The van der Waals surface area contributed by atoms with Gasteiger partial charge in [-0.3, -0.25) is 19.4 Å². The Morgan fingerprint density at radius 3 is 1.95 bits per heavy atom. The molecule has 0 aliphatic heterocycles. The van der Waals surface area contributed by atoms with E-state index in [0.29, 0.717) is 13.1 Å². The van der Waals surface area contributed by atoms with Crippen molar-refractivity contribution >= 4 is 36.3 Å². The van der Waals surface area contributed by atoms with Gasteiger partial charge in [-0.2, -0.15) is 11.8 Å². The average Bonchev–Trinajstić information content (AvgIpc) is 2.93. The second-order valence-electron chi connectivity index (χ2n) is 10.5. The fraction of sp³-hybridized carbons (Fsp3) is 0.867. The van der Waals surface area contributed by atoms with Gasteiger partial charge in [-0.1, -0.05) is 46.5 Å². The first-order valence-electron chi connectivity index (χ1n) is 15.3. The number of carbonyl (C=O) groups excluding carboxylic acids is 4. The minimum Gasteiger partial charge on any atom is -0.462 e. The molecule has 0 fully saturated rings. The van der Waals surface area contributed by atoms with E-state index in [2.05, 4.69) is 30.7 Å². The number of hydrogen-bond acceptors (Lipinski definition) is 10. The molecule has 0 rings (SSSR count). The van der Waals surface area contributed by atoms with E-state index < -0.39 is 0 Å². The summed E-state index contributed by atoms with van der Waals surface area (Å²) in [5, 5.41) is 0. The molecule has 1 atom stereocenters. The van der Waals surface area contributed by atoms with Crippen LogP contribution in [-0.4, -0.2) is 123 Å². The summed E-state index contributed by atoms with van der Waals surface area (Å²) >= 11 is 1.79. The second-order valence-corrected chi connectivity index (χ2v) is 11.6. The minimum atomic E-state index is -0.359. The zero-order chi connectivity index (χ0) is 29.8. The normalized spacial score (nSPS) is 12.2. The quantitative estimate of drug-likeness (QED) is 0.0728. The Hall–Kier alpha value is -1.49. The van der Waals surface area contributed by atoms with Gasteiger partial charge < -0.3 is 24.0 Å². The molecule has 0 aliphatic carbocycles. The van der Waals surface area contributed by atoms with Gasteiger partial charge in [0.25, 0.3) is 0 Å². The molecule has 0 saturated carbocycles. The highest BCUT2D eigenvalue weighted by Crippen LogP contribution is 2.13. The summed E-state index contributed by atoms with van der Waals surface area (Å²) in [5.74, 6) is 1.02. The summed E-state index contributed by atoms with van der Waals surface area (Å²) in [6.45, 7) is 11.9. The zero-order valence-electron chi connectivity index (χ0n) is 25.8. The first-order valence-corrected chi connectivity index (χ1v) is 16.4. The highest BCUT2D eigenvalue weighted by Gasteiger charge is 2.15. The Balaban J connectivity index is 3.99. The van der Waals surface area contributed by atoms with Gasteiger partial charge in [-0.15, -0.1) is 0 Å². The predicted molar refractivity (Wildman–Crippen MR) is 164 cm³/mol. The fourth-order valence-electron chi connectivity index (χ4n) is 4.25. The monoisotopic (exact) mass is 587 g/mol. The summed E-state index contributed by atoms with van der Waals surface area (Å²) in [6.07, 6.45) is 11.2. The van der Waals surface area contributed by atoms with Crippen LogP contribution in [0.25, 0.3) is 0 Å². The number of carbonyl (C=O) groups is 4. The molecule has 40 heavy (non-hydrogen) atoms. The van der Waals surface area contributed by atoms with E-state index >= 15 is 0 Å². The lowest BCUT2D eigenvalue weighted by atomic mass is 10.2. The van der Waals surface area contributed by atoms with Crippen LogP contribution in [0, 0.1) is 5.92 Å². The van der Waals surface area contributed by atoms with Gasteiger partial charge in [0.15, 0.2) is 0 Å². The zero-order valence-corrected chi connectivity index (χ0v) is 26.6. The van der Waals surface area contributed by atoms with Crippen LogP contribution in [0.3, 0.4) is 0 Å². The summed E-state index contributed by atoms with van der Waals surface area (Å²) < 4.78 is 10.5. The summed E-state index contributed by atoms with van der Waals surface area (Å²) in [4.78, 5) is 52.5. The third-order valence-corrected chi connectivity index (χ3v) is 7.93. The van der Waals surface area contributed by atoms with Crippen molar-refractivity contribution in [2.24, 2.45) is 5.92 Å². The second kappa shape index (κ2) is 27.7. The predicted octanol–water partition coefficient (Wildman–Crippen LogP) is 3.93. The number of ether oxygens (including phenoxy) is 2. The van der Waals surface area contributed by atoms with Gasteiger partial charge in [-0.05, 0) is 71.2 Å². The Morgan fingerprint density at radius 1 is 0.750 bits per heavy atom. The van der Waals surface area contributed by atoms with Gasteiger partial charge >= 0.3 is 11.9 Å². The number of nitrogens with zero attached hydrogens (tertiary/aromatic N) is 3. The molecular weight excluding hydrogens is 530 g/mol. The van der Waals surface area contributed by atoms with Crippen molar-refractivity contribution in [2.45, 2.75) is 78.6 Å². The van der Waals surface area contributed by atoms with Crippen molar-refractivity contribution in [1.82, 2.24) is 14.7 Å². The third kappa shape index (κ3) is 23.2. The molecule has 10 heteroatoms. The molecule has 0 aromatic heterocycles. The number of thioether (sulfide) groups is 1. The van der Waals surface area contributed by atoms with E-state index in [9.17, 15) is 19.2 Å². The topological polar surface area (TPSA) is 96.5 Å². The molecule has 0 aliphatic rings. The van der Waals surface area contributed by atoms with E-state index in [1.165, 1.54) is 32.1 Å². The van der Waals surface area contributed by atoms with Crippen LogP contribution in [-0.2, 0) is 28.7 Å². The molecule has 9 nitrogen and oxygen atoms in total. The maximum Gasteiger partial charge on any atom is 0.309 e. The van der Waals surface area contributed by atoms with Crippen molar-refractivity contribution in [1.29, 1.82) is 0 Å². The molecule has 0 spiro atoms. The Kier molecular flexibility index (Phi) is 26.6. The molecule has 1 unspecified atom stereocenters. The molecular formula is C30H57N3O6S. The van der Waals surface area contributed by atoms with E-state index in [0.717, 1.165) is 76.1 Å². The lowest BCUT2D eigenvalue weighted by Crippen LogP contribution is -2.33. The van der Waals surface area contributed by atoms with Crippen LogP contribution >= 0.6 is 11.8 Å². The largest absolute Gasteiger partial charge is 0.462 e. The van der Waals surface area contributed by atoms with Crippen molar-refractivity contribution in [3.8, 4) is 0 Å². The van der Waals surface area contributed by atoms with Crippen LogP contribution in [0.15, 0.2) is 0 Å². The molecule has 0 radical (unpaired) electrons. The van der Waals surface area contributed by atoms with Gasteiger partial charge in [0.1, 0.15) is 25.8 Å². The Labute approximate surface area is 248 Å². The molecule has 0 aromatic rings. The van der Waals surface area contributed by atoms with Crippen LogP contribution in [0.4, 0.5) is 0 Å². The summed E-state index contributed by atoms with van der Waals surface area (Å²) in [5.41, 5.74) is 0. The van der Waals surface area contributed by atoms with Gasteiger partial charge in [0.2, 0.25) is 0 Å². The smallest absolute Gasteiger partial charge is 0.309 e. The van der Waals surface area contributed by atoms with Crippen LogP contribution in [0.1, 0.15) is 78.6 Å². The lowest BCUT2D eigenvalue weighted by Gasteiger charge is -2.23. The minimum absolute atomic E-state index is 0.0445. The number of esters is 2. The maximum atomic E-state index is 12.1. The Bertz CT molecular complexity index is 655. The number of hydrogen-bond donors (Lipinski definition) is 0. The van der Waals surface area contributed by atoms with Gasteiger partial charge in [-0.25, -0.2) is 0 Å². The van der Waals surface area contributed by atoms with Crippen molar-refractivity contribution in [2.75, 3.05) is 84.1 Å². The number of unbranched alkanes of at least 4 members (excludes halogenated alkanes) is 4. The maximum absolute atomic E-state index is 12.1. The Morgan fingerprint density at radius 2 is 1.35 bits per heavy atom. The highest BCUT2D eigenvalue weighted by molar-refractivity contribution is 7.99. The van der Waals surface area contributed by atoms with Gasteiger partial charge in [0.05, 0.1) is 25.4 Å². The molecule has 0 N–H and O–H groups in total.